The first-order chi connectivity index (χ1) is 49.7. The summed E-state index contributed by atoms with van der Waals surface area (Å²) in [4.78, 5) is 99.7. The fourth-order valence-electron chi connectivity index (χ4n) is 16.2. The fourth-order valence-corrected chi connectivity index (χ4v) is 16.2. The molecule has 12 aliphatic rings. The molecule has 4 atom stereocenters. The van der Waals surface area contributed by atoms with Crippen molar-refractivity contribution in [2.24, 2.45) is 65.1 Å². The SMILES string of the molecule is C1CCCC1.C1CCCC1.C1CCCC1.CC(=O)NCC1CCCC1.CCC1CCC(C(=O)NC)C1.CCC1CCCC1.CN(C)CCNC(=O)C1CCCC1.CNC(=O)C1CCC(C(=O)O)C1.CNC(=O)C1CCCC1.CNC(=O)C1CCCC1.CNC(=O)C1CCCC1.O=C(O)C1CCCC1.[CH3-].[CH3-].[CH3-].[CH3-].[CH3-].[CH3-].[CH3-].[CH3-].[CH3-].[CH3-].[CH3-].[CH3-].[Fe+2].[Fe+2].[Fe+2].[Fe+2].[Fe+2].[Fe+2]. The van der Waals surface area contributed by atoms with E-state index in [-0.39, 0.29) is 251 Å². The van der Waals surface area contributed by atoms with Crippen molar-refractivity contribution in [1.82, 2.24) is 42.1 Å². The second-order valence-corrected chi connectivity index (χ2v) is 31.7. The first-order valence-corrected chi connectivity index (χ1v) is 42.4. The minimum absolute atomic E-state index is 0. The first-order valence-electron chi connectivity index (χ1n) is 42.4. The summed E-state index contributed by atoms with van der Waals surface area (Å²) < 4.78 is 0. The number of likely N-dealkylation sites (N-methyl/N-ethyl adjacent to an activating group) is 1. The third-order valence-corrected chi connectivity index (χ3v) is 23.3. The number of carbonyl (C=O) groups excluding carboxylic acids is 7. The van der Waals surface area contributed by atoms with Gasteiger partial charge in [0.25, 0.3) is 0 Å². The minimum Gasteiger partial charge on any atom is -0.481 e. The molecule has 25 heteroatoms. The van der Waals surface area contributed by atoms with Crippen LogP contribution in [0.25, 0.3) is 0 Å². The molecule has 0 bridgehead atoms. The number of rotatable bonds is 15. The van der Waals surface area contributed by atoms with Crippen LogP contribution in [0, 0.1) is 154 Å². The number of hydrogen-bond donors (Lipinski definition) is 9. The van der Waals surface area contributed by atoms with Gasteiger partial charge in [-0.05, 0) is 147 Å². The van der Waals surface area contributed by atoms with E-state index in [0.717, 1.165) is 127 Å². The monoisotopic (exact) mass is 1970 g/mol. The summed E-state index contributed by atoms with van der Waals surface area (Å²) in [6, 6.07) is 0. The summed E-state index contributed by atoms with van der Waals surface area (Å²) in [5, 5.41) is 36.1. The Morgan fingerprint density at radius 3 is 0.702 bits per heavy atom. The topological polar surface area (TPSA) is 282 Å². The summed E-state index contributed by atoms with van der Waals surface area (Å²) in [5.74, 6) is 3.73. The van der Waals surface area contributed by atoms with E-state index in [4.69, 9.17) is 10.2 Å². The van der Waals surface area contributed by atoms with Gasteiger partial charge in [0.15, 0.2) is 0 Å². The van der Waals surface area contributed by atoms with Crippen LogP contribution >= 0.6 is 0 Å². The van der Waals surface area contributed by atoms with Crippen molar-refractivity contribution in [3.8, 4) is 0 Å². The number of hydrogen-bond acceptors (Lipinski definition) is 10. The molecule has 0 aromatic heterocycles. The Balaban J connectivity index is -0.0000000594. The van der Waals surface area contributed by atoms with Crippen molar-refractivity contribution in [2.45, 2.75) is 348 Å². The van der Waals surface area contributed by atoms with Crippen LogP contribution in [-0.4, -0.2) is 137 Å². The molecule has 9 N–H and O–H groups in total. The van der Waals surface area contributed by atoms with Gasteiger partial charge in [-0.1, -0.05) is 226 Å². The van der Waals surface area contributed by atoms with Crippen molar-refractivity contribution in [2.75, 3.05) is 69.0 Å². The minimum atomic E-state index is -0.776. The third kappa shape index (κ3) is 84.9. The molecule has 0 aliphatic heterocycles. The zero-order valence-corrected chi connectivity index (χ0v) is 88.3. The maximum Gasteiger partial charge on any atom is 2.00 e. The average Bonchev–Trinajstić information content (AvgIpc) is 1.74. The van der Waals surface area contributed by atoms with Crippen molar-refractivity contribution < 1.29 is 156 Å². The predicted octanol–water partition coefficient (Wildman–Crippen LogP) is 21.8. The molecule has 12 fully saturated rings. The second kappa shape index (κ2) is 109. The van der Waals surface area contributed by atoms with Gasteiger partial charge in [-0.25, -0.2) is 0 Å². The molecule has 12 saturated carbocycles. The summed E-state index contributed by atoms with van der Waals surface area (Å²) in [5.41, 5.74) is 0. The molecular weight excluding hydrogens is 1780 g/mol. The summed E-state index contributed by atoms with van der Waals surface area (Å²) in [6.45, 7) is 8.69. The van der Waals surface area contributed by atoms with Gasteiger partial charge in [0.1, 0.15) is 0 Å². The van der Waals surface area contributed by atoms with Crippen LogP contribution in [0.5, 0.6) is 0 Å². The maximum absolute atomic E-state index is 11.5. The molecule has 4 unspecified atom stereocenters. The number of carbonyl (C=O) groups is 9. The van der Waals surface area contributed by atoms with Gasteiger partial charge in [0.2, 0.25) is 41.4 Å². The molecule has 12 rings (SSSR count). The van der Waals surface area contributed by atoms with Crippen molar-refractivity contribution in [3.05, 3.63) is 89.1 Å². The van der Waals surface area contributed by atoms with Gasteiger partial charge < -0.3 is 141 Å². The second-order valence-electron chi connectivity index (χ2n) is 31.7. The van der Waals surface area contributed by atoms with E-state index in [1.54, 1.807) is 42.2 Å². The van der Waals surface area contributed by atoms with E-state index in [9.17, 15) is 43.2 Å². The van der Waals surface area contributed by atoms with E-state index in [2.05, 4.69) is 56.0 Å². The van der Waals surface area contributed by atoms with E-state index in [1.165, 1.54) is 218 Å². The van der Waals surface area contributed by atoms with E-state index < -0.39 is 11.9 Å². The Labute approximate surface area is 816 Å². The van der Waals surface area contributed by atoms with Crippen LogP contribution in [0.4, 0.5) is 0 Å². The average molecular weight is 1970 g/mol. The molecule has 732 valence electrons. The molecule has 0 aromatic rings. The molecule has 0 spiro atoms. The summed E-state index contributed by atoms with van der Waals surface area (Å²) >= 11 is 0. The van der Waals surface area contributed by atoms with Crippen molar-refractivity contribution in [3.63, 3.8) is 0 Å². The van der Waals surface area contributed by atoms with Gasteiger partial charge in [-0.3, -0.25) is 43.2 Å². The quantitative estimate of drug-likeness (QED) is 0.0547. The molecule has 12 aliphatic carbocycles. The molecule has 0 heterocycles. The van der Waals surface area contributed by atoms with Crippen LogP contribution in [0.2, 0.25) is 0 Å². The Hall–Kier alpha value is -1.69. The molecule has 0 aromatic carbocycles. The van der Waals surface area contributed by atoms with Gasteiger partial charge in [0, 0.05) is 97.3 Å². The summed E-state index contributed by atoms with van der Waals surface area (Å²) in [7, 11) is 12.5. The molecule has 19 nitrogen and oxygen atoms in total. The van der Waals surface area contributed by atoms with Crippen LogP contribution in [0.3, 0.4) is 0 Å². The van der Waals surface area contributed by atoms with E-state index in [0.29, 0.717) is 48.9 Å². The molecule has 0 saturated heterocycles. The number of carboxylic acids is 2. The van der Waals surface area contributed by atoms with Crippen molar-refractivity contribution >= 4 is 53.3 Å². The van der Waals surface area contributed by atoms with Gasteiger partial charge in [0.05, 0.1) is 11.8 Å². The van der Waals surface area contributed by atoms with Gasteiger partial charge >= 0.3 is 114 Å². The van der Waals surface area contributed by atoms with Crippen LogP contribution in [-0.2, 0) is 146 Å². The van der Waals surface area contributed by atoms with E-state index in [1.807, 2.05) is 14.1 Å². The molecule has 121 heavy (non-hydrogen) atoms. The van der Waals surface area contributed by atoms with Gasteiger partial charge in [-0.15, -0.1) is 0 Å². The number of carboxylic acid groups (broad SMARTS) is 2. The van der Waals surface area contributed by atoms with Crippen LogP contribution < -0.4 is 37.2 Å². The van der Waals surface area contributed by atoms with E-state index >= 15 is 0 Å². The smallest absolute Gasteiger partial charge is 0.481 e. The predicted molar refractivity (Wildman–Crippen MR) is 498 cm³/mol. The fraction of sp³-hybridized carbons (Fsp3) is 0.781. The van der Waals surface area contributed by atoms with Crippen molar-refractivity contribution in [1.29, 1.82) is 0 Å². The normalized spacial score (nSPS) is 19.4. The number of nitrogens with zero attached hydrogens (tertiary/aromatic N) is 1. The first kappa shape index (κ1) is 163. The van der Waals surface area contributed by atoms with Gasteiger partial charge in [-0.2, -0.15) is 0 Å². The standard InChI is InChI=1S/C10H20N2O.C9H17NO.C8H13NO3.C8H15NO.3C7H13NO.C7H14.C6H10O2.3C5H10.12CH3.6Fe/c1-12(2)8-7-11-10(13)9-5-3-4-6-9;1-3-7-4-5-8(6-7)9(11)10-2;1-9-7(10)5-2-3-6(4-5)8(11)12;1-7(10)9-6-8-4-2-3-5-8;3*1-8-7(9)6-4-2-3-5-6;1-2-7-5-3-4-6-7;7-6(8)5-3-1-2-4-5;3*1-2-4-5-3-1;;;;;;;;;;;;;;;;;;/h9H,3-8H2,1-2H3,(H,11,13);7-8H,3-6H2,1-2H3,(H,10,11);5-6H,2-4H2,1H3,(H,9,10)(H,11,12);8H,2-6H2,1H3,(H,9,10);3*6H,2-5H2,1H3,(H,8,9);7H,2-6H2,1H3;5H,1-4H2,(H,7,8);3*1-5H2;12*1H3;;;;;;/q;;;;;;;;;;;;12*-1;6*+2. The number of aliphatic carboxylic acids is 2. The number of nitrogens with one attached hydrogen (secondary N) is 7. The van der Waals surface area contributed by atoms with Crippen LogP contribution in [0.1, 0.15) is 348 Å². The number of amides is 7. The Kier molecular flexibility index (Phi) is 146. The zero-order chi connectivity index (χ0) is 76.3. The molecule has 0 radical (unpaired) electrons. The summed E-state index contributed by atoms with van der Waals surface area (Å²) in [6.07, 6.45) is 64.4. The molecule has 7 amide bonds. The zero-order valence-electron chi connectivity index (χ0n) is 81.7. The Morgan fingerprint density at radius 2 is 0.488 bits per heavy atom. The van der Waals surface area contributed by atoms with Crippen LogP contribution in [0.15, 0.2) is 0 Å². The maximum atomic E-state index is 11.5. The molecular formula is C96H194Fe6N8O11. The largest absolute Gasteiger partial charge is 2.00 e. The Bertz CT molecular complexity index is 2110. The Morgan fingerprint density at radius 1 is 0.264 bits per heavy atom. The third-order valence-electron chi connectivity index (χ3n) is 23.3.